The van der Waals surface area contributed by atoms with Crippen LogP contribution in [0.3, 0.4) is 0 Å². The van der Waals surface area contributed by atoms with Crippen molar-refractivity contribution < 1.29 is 13.2 Å². The summed E-state index contributed by atoms with van der Waals surface area (Å²) in [6.07, 6.45) is -3.36. The summed E-state index contributed by atoms with van der Waals surface area (Å²) in [6.45, 7) is -1.68. The fraction of sp³-hybridized carbons (Fsp3) is 0.133. The van der Waals surface area contributed by atoms with Gasteiger partial charge in [-0.1, -0.05) is 11.6 Å². The Hall–Kier alpha value is -2.61. The van der Waals surface area contributed by atoms with Gasteiger partial charge in [0, 0.05) is 11.2 Å². The van der Waals surface area contributed by atoms with Crippen molar-refractivity contribution in [2.75, 3.05) is 0 Å². The largest absolute Gasteiger partial charge is 0.406 e. The molecule has 0 N–H and O–H groups in total. The molecule has 24 heavy (non-hydrogen) atoms. The van der Waals surface area contributed by atoms with Crippen LogP contribution in [0.15, 0.2) is 52.2 Å². The Labute approximate surface area is 137 Å². The maximum absolute atomic E-state index is 12.7. The first-order chi connectivity index (χ1) is 11.3. The van der Waals surface area contributed by atoms with Crippen LogP contribution in [-0.2, 0) is 6.54 Å². The molecule has 0 aliphatic rings. The van der Waals surface area contributed by atoms with Crippen molar-refractivity contribution in [1.82, 2.24) is 14.1 Å². The van der Waals surface area contributed by atoms with Crippen LogP contribution in [0.1, 0.15) is 0 Å². The van der Waals surface area contributed by atoms with E-state index in [1.54, 1.807) is 0 Å². The zero-order chi connectivity index (χ0) is 17.5. The van der Waals surface area contributed by atoms with Crippen LogP contribution >= 0.6 is 11.6 Å². The molecule has 0 saturated carbocycles. The van der Waals surface area contributed by atoms with Gasteiger partial charge in [0.05, 0.1) is 11.1 Å². The van der Waals surface area contributed by atoms with Gasteiger partial charge in [0.25, 0.3) is 5.56 Å². The quantitative estimate of drug-likeness (QED) is 0.710. The van der Waals surface area contributed by atoms with Gasteiger partial charge in [-0.05, 0) is 36.4 Å². The SMILES string of the molecule is O=c1c2cccnc2n(-c2ccc(Cl)cc2)c(=O)n1CC(F)(F)F. The van der Waals surface area contributed by atoms with E-state index in [0.29, 0.717) is 5.02 Å². The van der Waals surface area contributed by atoms with Crippen molar-refractivity contribution in [3.63, 3.8) is 0 Å². The minimum atomic E-state index is -4.71. The zero-order valence-corrected chi connectivity index (χ0v) is 12.7. The van der Waals surface area contributed by atoms with Crippen LogP contribution in [0.25, 0.3) is 16.7 Å². The molecule has 0 spiro atoms. The molecule has 0 bridgehead atoms. The average Bonchev–Trinajstić information content (AvgIpc) is 2.52. The molecule has 0 aliphatic carbocycles. The number of aromatic nitrogens is 3. The molecule has 0 unspecified atom stereocenters. The lowest BCUT2D eigenvalue weighted by molar-refractivity contribution is -0.141. The Morgan fingerprint density at radius 1 is 1.08 bits per heavy atom. The highest BCUT2D eigenvalue weighted by Crippen LogP contribution is 2.18. The monoisotopic (exact) mass is 355 g/mol. The molecule has 9 heteroatoms. The van der Waals surface area contributed by atoms with Crippen molar-refractivity contribution in [3.8, 4) is 5.69 Å². The van der Waals surface area contributed by atoms with Gasteiger partial charge in [-0.15, -0.1) is 0 Å². The van der Waals surface area contributed by atoms with E-state index in [-0.39, 0.29) is 21.3 Å². The highest BCUT2D eigenvalue weighted by molar-refractivity contribution is 6.30. The van der Waals surface area contributed by atoms with Crippen LogP contribution < -0.4 is 11.2 Å². The van der Waals surface area contributed by atoms with E-state index in [2.05, 4.69) is 4.98 Å². The van der Waals surface area contributed by atoms with E-state index in [1.807, 2.05) is 0 Å². The fourth-order valence-corrected chi connectivity index (χ4v) is 2.45. The molecule has 0 fully saturated rings. The van der Waals surface area contributed by atoms with E-state index in [4.69, 9.17) is 11.6 Å². The molecular formula is C15H9ClF3N3O2. The highest BCUT2D eigenvalue weighted by Gasteiger charge is 2.31. The predicted molar refractivity (Wildman–Crippen MR) is 82.7 cm³/mol. The third-order valence-electron chi connectivity index (χ3n) is 3.32. The number of benzene rings is 1. The molecule has 1 aromatic carbocycles. The van der Waals surface area contributed by atoms with E-state index in [9.17, 15) is 22.8 Å². The smallest absolute Gasteiger partial charge is 0.268 e. The molecule has 124 valence electrons. The first-order valence-corrected chi connectivity index (χ1v) is 7.09. The van der Waals surface area contributed by atoms with Gasteiger partial charge in [0.1, 0.15) is 6.54 Å². The zero-order valence-electron chi connectivity index (χ0n) is 11.9. The summed E-state index contributed by atoms with van der Waals surface area (Å²) < 4.78 is 39.4. The molecule has 0 aliphatic heterocycles. The first-order valence-electron chi connectivity index (χ1n) is 6.71. The molecule has 3 rings (SSSR count). The van der Waals surface area contributed by atoms with Crippen molar-refractivity contribution in [2.24, 2.45) is 0 Å². The highest BCUT2D eigenvalue weighted by atomic mass is 35.5. The molecule has 0 radical (unpaired) electrons. The number of hydrogen-bond donors (Lipinski definition) is 0. The predicted octanol–water partition coefficient (Wildman–Crippen LogP) is 2.76. The number of pyridine rings is 1. The molecule has 0 atom stereocenters. The van der Waals surface area contributed by atoms with E-state index < -0.39 is 24.0 Å². The number of nitrogens with zero attached hydrogens (tertiary/aromatic N) is 3. The van der Waals surface area contributed by atoms with Gasteiger partial charge < -0.3 is 0 Å². The summed E-state index contributed by atoms with van der Waals surface area (Å²) in [5.74, 6) is 0. The lowest BCUT2D eigenvalue weighted by atomic mass is 10.3. The van der Waals surface area contributed by atoms with Crippen LogP contribution in [-0.4, -0.2) is 20.3 Å². The van der Waals surface area contributed by atoms with Crippen molar-refractivity contribution in [2.45, 2.75) is 12.7 Å². The summed E-state index contributed by atoms with van der Waals surface area (Å²) in [7, 11) is 0. The number of fused-ring (bicyclic) bond motifs is 1. The molecule has 0 saturated heterocycles. The van der Waals surface area contributed by atoms with Crippen LogP contribution in [0.5, 0.6) is 0 Å². The minimum Gasteiger partial charge on any atom is -0.268 e. The van der Waals surface area contributed by atoms with Gasteiger partial charge in [0.15, 0.2) is 5.65 Å². The van der Waals surface area contributed by atoms with E-state index in [1.165, 1.54) is 42.6 Å². The summed E-state index contributed by atoms with van der Waals surface area (Å²) in [5, 5.41) is 0.309. The van der Waals surface area contributed by atoms with Crippen LogP contribution in [0.4, 0.5) is 13.2 Å². The lowest BCUT2D eigenvalue weighted by Crippen LogP contribution is -2.43. The first kappa shape index (κ1) is 16.3. The fourth-order valence-electron chi connectivity index (χ4n) is 2.33. The van der Waals surface area contributed by atoms with Crippen LogP contribution in [0.2, 0.25) is 5.02 Å². The standard InChI is InChI=1S/C15H9ClF3N3O2/c16-9-3-5-10(6-4-9)22-12-11(2-1-7-20-12)13(23)21(14(22)24)8-15(17,18)19/h1-7H,8H2. The summed E-state index contributed by atoms with van der Waals surface area (Å²) >= 11 is 5.79. The lowest BCUT2D eigenvalue weighted by Gasteiger charge is -2.14. The van der Waals surface area contributed by atoms with Gasteiger partial charge in [0.2, 0.25) is 0 Å². The van der Waals surface area contributed by atoms with Gasteiger partial charge in [-0.25, -0.2) is 14.3 Å². The number of rotatable bonds is 2. The second-order valence-corrected chi connectivity index (χ2v) is 5.41. The number of hydrogen-bond acceptors (Lipinski definition) is 3. The van der Waals surface area contributed by atoms with Gasteiger partial charge in [-0.3, -0.25) is 9.36 Å². The minimum absolute atomic E-state index is 0.0201. The summed E-state index contributed by atoms with van der Waals surface area (Å²) in [5.41, 5.74) is -1.92. The van der Waals surface area contributed by atoms with Crippen molar-refractivity contribution >= 4 is 22.6 Å². The maximum atomic E-state index is 12.7. The summed E-state index contributed by atoms with van der Waals surface area (Å²) in [6, 6.07) is 8.62. The Morgan fingerprint density at radius 3 is 2.38 bits per heavy atom. The summed E-state index contributed by atoms with van der Waals surface area (Å²) in [4.78, 5) is 28.7. The number of alkyl halides is 3. The number of halogens is 4. The Balaban J connectivity index is 2.41. The third-order valence-corrected chi connectivity index (χ3v) is 3.57. The average molecular weight is 356 g/mol. The van der Waals surface area contributed by atoms with Crippen LogP contribution in [0, 0.1) is 0 Å². The van der Waals surface area contributed by atoms with E-state index >= 15 is 0 Å². The Bertz CT molecular complexity index is 1020. The van der Waals surface area contributed by atoms with Crippen molar-refractivity contribution in [1.29, 1.82) is 0 Å². The maximum Gasteiger partial charge on any atom is 0.406 e. The van der Waals surface area contributed by atoms with Gasteiger partial charge >= 0.3 is 11.9 Å². The normalized spacial score (nSPS) is 11.8. The molecular weight excluding hydrogens is 347 g/mol. The van der Waals surface area contributed by atoms with Crippen molar-refractivity contribution in [3.05, 3.63) is 68.5 Å². The second kappa shape index (κ2) is 5.79. The molecule has 2 aromatic heterocycles. The Morgan fingerprint density at radius 2 is 1.75 bits per heavy atom. The molecule has 5 nitrogen and oxygen atoms in total. The third kappa shape index (κ3) is 2.92. The molecule has 2 heterocycles. The van der Waals surface area contributed by atoms with E-state index in [0.717, 1.165) is 4.57 Å². The second-order valence-electron chi connectivity index (χ2n) is 4.98. The topological polar surface area (TPSA) is 56.9 Å². The molecule has 0 amide bonds. The van der Waals surface area contributed by atoms with Gasteiger partial charge in [-0.2, -0.15) is 13.2 Å². The Kier molecular flexibility index (Phi) is 3.92. The molecule has 3 aromatic rings.